The molecule has 0 aliphatic rings. The van der Waals surface area contributed by atoms with E-state index >= 15 is 0 Å². The largest absolute Gasteiger partial charge is 0.472 e. The second-order valence-corrected chi connectivity index (χ2v) is 18.2. The van der Waals surface area contributed by atoms with Crippen LogP contribution in [-0.4, -0.2) is 68.3 Å². The molecule has 2 heterocycles. The Bertz CT molecular complexity index is 1500. The lowest BCUT2D eigenvalue weighted by molar-refractivity contribution is -0.161. The van der Waals surface area contributed by atoms with Crippen LogP contribution >= 0.6 is 7.82 Å². The summed E-state index contributed by atoms with van der Waals surface area (Å²) in [5.74, 6) is 3.72. The number of hydrogen-bond donors (Lipinski definition) is 1. The minimum atomic E-state index is -4.39. The van der Waals surface area contributed by atoms with Crippen molar-refractivity contribution >= 4 is 19.8 Å². The number of phosphoric ester groups is 1. The van der Waals surface area contributed by atoms with Crippen molar-refractivity contribution in [3.05, 3.63) is 45.3 Å². The van der Waals surface area contributed by atoms with Crippen LogP contribution in [0.4, 0.5) is 0 Å². The molecule has 1 N–H and O–H groups in total. The van der Waals surface area contributed by atoms with Crippen molar-refractivity contribution in [3.63, 3.8) is 0 Å². The number of furan rings is 2. The Morgan fingerprint density at radius 3 is 1.46 bits per heavy atom. The molecule has 1 unspecified atom stereocenters. The molecule has 59 heavy (non-hydrogen) atoms. The first-order chi connectivity index (χ1) is 28.3. The van der Waals surface area contributed by atoms with E-state index in [1.54, 1.807) is 0 Å². The summed E-state index contributed by atoms with van der Waals surface area (Å²) in [5, 5.41) is 0. The minimum Gasteiger partial charge on any atom is -0.466 e. The van der Waals surface area contributed by atoms with Gasteiger partial charge in [-0.25, -0.2) is 4.57 Å². The number of aryl methyl sites for hydroxylation is 4. The van der Waals surface area contributed by atoms with Crippen LogP contribution in [0, 0.1) is 27.7 Å². The van der Waals surface area contributed by atoms with Crippen molar-refractivity contribution in [2.45, 2.75) is 202 Å². The lowest BCUT2D eigenvalue weighted by Crippen LogP contribution is -2.29. The van der Waals surface area contributed by atoms with E-state index in [1.807, 2.05) is 19.0 Å². The van der Waals surface area contributed by atoms with E-state index in [0.717, 1.165) is 114 Å². The molecule has 340 valence electrons. The highest BCUT2D eigenvalue weighted by Crippen LogP contribution is 2.43. The molecule has 12 heteroatoms. The summed E-state index contributed by atoms with van der Waals surface area (Å²) in [5.41, 5.74) is 5.23. The van der Waals surface area contributed by atoms with Crippen molar-refractivity contribution in [1.82, 2.24) is 4.90 Å². The van der Waals surface area contributed by atoms with Crippen LogP contribution in [-0.2, 0) is 58.4 Å². The number of esters is 2. The van der Waals surface area contributed by atoms with E-state index in [-0.39, 0.29) is 26.1 Å². The van der Waals surface area contributed by atoms with Gasteiger partial charge in [-0.05, 0) is 103 Å². The van der Waals surface area contributed by atoms with Crippen molar-refractivity contribution in [1.29, 1.82) is 0 Å². The zero-order chi connectivity index (χ0) is 43.5. The molecule has 0 fully saturated rings. The highest BCUT2D eigenvalue weighted by molar-refractivity contribution is 7.47. The molecule has 0 amide bonds. The molecule has 0 spiro atoms. The minimum absolute atomic E-state index is 0.00611. The first-order valence-electron chi connectivity index (χ1n) is 23.0. The summed E-state index contributed by atoms with van der Waals surface area (Å²) >= 11 is 0. The zero-order valence-electron chi connectivity index (χ0n) is 38.4. The molecule has 0 aromatic carbocycles. The average Bonchev–Trinajstić information content (AvgIpc) is 3.62. The van der Waals surface area contributed by atoms with Gasteiger partial charge in [-0.3, -0.25) is 18.6 Å². The normalized spacial score (nSPS) is 13.3. The van der Waals surface area contributed by atoms with Gasteiger partial charge in [0, 0.05) is 45.1 Å². The van der Waals surface area contributed by atoms with Crippen LogP contribution in [0.25, 0.3) is 0 Å². The SMILES string of the molecule is CCCCCc1oc(CCCCCCCCCCC(=O)O[C@H](COC(=O)CCCCCCCCc2oc(CCC)c(C)c2C)COP(=O)(O)OCCN(C)C)c(C)c1C. The first-order valence-corrected chi connectivity index (χ1v) is 24.5. The van der Waals surface area contributed by atoms with Crippen molar-refractivity contribution in [2.24, 2.45) is 0 Å². The summed E-state index contributed by atoms with van der Waals surface area (Å²) in [4.78, 5) is 37.3. The number of hydrogen-bond acceptors (Lipinski definition) is 10. The van der Waals surface area contributed by atoms with Crippen LogP contribution < -0.4 is 0 Å². The van der Waals surface area contributed by atoms with Crippen LogP contribution in [0.15, 0.2) is 8.83 Å². The summed E-state index contributed by atoms with van der Waals surface area (Å²) in [7, 11) is -0.749. The van der Waals surface area contributed by atoms with Gasteiger partial charge in [0.2, 0.25) is 0 Å². The lowest BCUT2D eigenvalue weighted by Gasteiger charge is -2.20. The Morgan fingerprint density at radius 2 is 1.00 bits per heavy atom. The standard InChI is InChI=1S/C47H82NO10P/c1-9-11-22-28-43-39(5)40(6)45(58-43)30-23-18-14-12-13-15-21-26-32-47(50)56-41(36-55-59(51,52)54-34-33-48(7)8)35-53-46(49)31-25-20-17-16-19-24-29-44-38(4)37(3)42(57-44)27-10-2/h41H,9-36H2,1-8H3,(H,51,52)/t41-/m1/s1. The van der Waals surface area contributed by atoms with E-state index in [2.05, 4.69) is 41.5 Å². The molecule has 0 saturated carbocycles. The number of ether oxygens (including phenoxy) is 2. The molecular weight excluding hydrogens is 769 g/mol. The number of nitrogens with zero attached hydrogens (tertiary/aromatic N) is 1. The van der Waals surface area contributed by atoms with Gasteiger partial charge >= 0.3 is 19.8 Å². The zero-order valence-corrected chi connectivity index (χ0v) is 39.3. The Kier molecular flexibility index (Phi) is 27.3. The molecule has 2 aromatic heterocycles. The quantitative estimate of drug-likeness (QED) is 0.0398. The second-order valence-electron chi connectivity index (χ2n) is 16.7. The molecule has 2 rings (SSSR count). The van der Waals surface area contributed by atoms with Crippen LogP contribution in [0.3, 0.4) is 0 Å². The molecule has 0 saturated heterocycles. The predicted octanol–water partition coefficient (Wildman–Crippen LogP) is 12.0. The van der Waals surface area contributed by atoms with Crippen LogP contribution in [0.1, 0.15) is 188 Å². The number of carbonyl (C=O) groups excluding carboxylic acids is 2. The van der Waals surface area contributed by atoms with E-state index < -0.39 is 32.5 Å². The molecule has 0 aliphatic heterocycles. The van der Waals surface area contributed by atoms with E-state index in [9.17, 15) is 19.0 Å². The maximum absolute atomic E-state index is 12.8. The fourth-order valence-electron chi connectivity index (χ4n) is 7.21. The fourth-order valence-corrected chi connectivity index (χ4v) is 7.95. The molecule has 2 atom stereocenters. The van der Waals surface area contributed by atoms with Crippen LogP contribution in [0.2, 0.25) is 0 Å². The molecule has 0 bridgehead atoms. The molecule has 0 aliphatic carbocycles. The van der Waals surface area contributed by atoms with Gasteiger partial charge in [-0.15, -0.1) is 0 Å². The van der Waals surface area contributed by atoms with Gasteiger partial charge in [-0.1, -0.05) is 90.9 Å². The average molecular weight is 852 g/mol. The van der Waals surface area contributed by atoms with E-state index in [0.29, 0.717) is 19.4 Å². The van der Waals surface area contributed by atoms with Gasteiger partial charge in [-0.2, -0.15) is 0 Å². The van der Waals surface area contributed by atoms with Crippen LogP contribution in [0.5, 0.6) is 0 Å². The third-order valence-corrected chi connectivity index (χ3v) is 12.3. The van der Waals surface area contributed by atoms with Gasteiger partial charge in [0.05, 0.1) is 13.2 Å². The summed E-state index contributed by atoms with van der Waals surface area (Å²) in [6.07, 6.45) is 22.5. The Balaban J connectivity index is 1.65. The summed E-state index contributed by atoms with van der Waals surface area (Å²) in [6, 6.07) is 0. The Morgan fingerprint density at radius 1 is 0.576 bits per heavy atom. The monoisotopic (exact) mass is 852 g/mol. The summed E-state index contributed by atoms with van der Waals surface area (Å²) < 4.78 is 46.0. The van der Waals surface area contributed by atoms with Crippen molar-refractivity contribution in [2.75, 3.05) is 40.5 Å². The van der Waals surface area contributed by atoms with Gasteiger partial charge in [0.25, 0.3) is 0 Å². The third-order valence-electron chi connectivity index (χ3n) is 11.3. The first kappa shape index (κ1) is 52.7. The highest BCUT2D eigenvalue weighted by atomic mass is 31.2. The van der Waals surface area contributed by atoms with E-state index in [1.165, 1.54) is 60.1 Å². The molecule has 11 nitrogen and oxygen atoms in total. The molecular formula is C47H82NO10P. The predicted molar refractivity (Wildman–Crippen MR) is 236 cm³/mol. The highest BCUT2D eigenvalue weighted by Gasteiger charge is 2.26. The molecule has 0 radical (unpaired) electrons. The van der Waals surface area contributed by atoms with E-state index in [4.69, 9.17) is 27.4 Å². The maximum Gasteiger partial charge on any atom is 0.472 e. The molecule has 2 aromatic rings. The Labute approximate surface area is 357 Å². The number of carbonyl (C=O) groups is 2. The lowest BCUT2D eigenvalue weighted by atomic mass is 10.0. The van der Waals surface area contributed by atoms with Gasteiger partial charge in [0.15, 0.2) is 6.10 Å². The third kappa shape index (κ3) is 22.8. The van der Waals surface area contributed by atoms with Gasteiger partial charge < -0.3 is 28.1 Å². The van der Waals surface area contributed by atoms with Crippen molar-refractivity contribution in [3.8, 4) is 0 Å². The number of unbranched alkanes of at least 4 members (excludes halogenated alkanes) is 14. The number of rotatable bonds is 36. The summed E-state index contributed by atoms with van der Waals surface area (Å²) in [6.45, 7) is 12.8. The van der Waals surface area contributed by atoms with Crippen molar-refractivity contribution < 1.29 is 46.4 Å². The van der Waals surface area contributed by atoms with Gasteiger partial charge in [0.1, 0.15) is 29.6 Å². The fraction of sp³-hybridized carbons (Fsp3) is 0.787. The maximum atomic E-state index is 12.8. The number of likely N-dealkylation sites (N-methyl/N-ethyl adjacent to an activating group) is 1. The Hall–Kier alpha value is -2.43. The second kappa shape index (κ2) is 30.6. The smallest absolute Gasteiger partial charge is 0.466 e. The number of phosphoric acid groups is 1. The topological polar surface area (TPSA) is 138 Å².